The molecule has 2 atom stereocenters. The van der Waals surface area contributed by atoms with Gasteiger partial charge < -0.3 is 4.57 Å². The molecule has 0 spiro atoms. The van der Waals surface area contributed by atoms with E-state index in [-0.39, 0.29) is 15.9 Å². The van der Waals surface area contributed by atoms with Gasteiger partial charge in [-0.2, -0.15) is 0 Å². The average Bonchev–Trinajstić information content (AvgIpc) is 2.44. The van der Waals surface area contributed by atoms with Gasteiger partial charge in [0.05, 0.1) is 0 Å². The average molecular weight is 324 g/mol. The molecule has 0 radical (unpaired) electrons. The first-order valence-corrected chi connectivity index (χ1v) is 7.78. The van der Waals surface area contributed by atoms with E-state index in [0.717, 1.165) is 6.42 Å². The molecule has 0 fully saturated rings. The number of imidazole rings is 1. The Morgan fingerprint density at radius 1 is 1.53 bits per heavy atom. The smallest absolute Gasteiger partial charge is 0.259 e. The molecule has 0 aliphatic carbocycles. The zero-order valence-corrected chi connectivity index (χ0v) is 12.8. The maximum absolute atomic E-state index is 12.0. The van der Waals surface area contributed by atoms with Crippen molar-refractivity contribution in [3.8, 4) is 0 Å². The van der Waals surface area contributed by atoms with Crippen LogP contribution in [0, 0.1) is 6.92 Å². The van der Waals surface area contributed by atoms with Gasteiger partial charge in [0.2, 0.25) is 0 Å². The van der Waals surface area contributed by atoms with Crippen molar-refractivity contribution in [1.82, 2.24) is 14.3 Å². The monoisotopic (exact) mass is 323 g/mol. The lowest BCUT2D eigenvalue weighted by atomic mass is 10.2. The van der Waals surface area contributed by atoms with E-state index < -0.39 is 10.0 Å². The number of halogens is 1. The van der Waals surface area contributed by atoms with Gasteiger partial charge in [0.1, 0.15) is 5.82 Å². The minimum absolute atomic E-state index is 0.0755. The van der Waals surface area contributed by atoms with Crippen molar-refractivity contribution in [3.63, 3.8) is 0 Å². The Morgan fingerprint density at radius 2 is 2.12 bits per heavy atom. The zero-order chi connectivity index (χ0) is 13.2. The van der Waals surface area contributed by atoms with E-state index in [2.05, 4.69) is 25.6 Å². The molecular formula is C10H18BrN3O2S. The van der Waals surface area contributed by atoms with Gasteiger partial charge >= 0.3 is 0 Å². The van der Waals surface area contributed by atoms with E-state index in [4.69, 9.17) is 0 Å². The SMILES string of the molecule is Cc1nc(S(=O)(=O)NC(C)CC(C)Br)cn1C. The van der Waals surface area contributed by atoms with Gasteiger partial charge in [0.25, 0.3) is 10.0 Å². The number of rotatable bonds is 5. The topological polar surface area (TPSA) is 64.0 Å². The number of hydrogen-bond acceptors (Lipinski definition) is 3. The molecule has 0 aromatic carbocycles. The van der Waals surface area contributed by atoms with Gasteiger partial charge in [-0.25, -0.2) is 18.1 Å². The van der Waals surface area contributed by atoms with Crippen LogP contribution in [-0.4, -0.2) is 28.8 Å². The van der Waals surface area contributed by atoms with Crippen LogP contribution in [0.4, 0.5) is 0 Å². The van der Waals surface area contributed by atoms with Gasteiger partial charge in [-0.05, 0) is 20.3 Å². The molecule has 98 valence electrons. The lowest BCUT2D eigenvalue weighted by molar-refractivity contribution is 0.545. The number of alkyl halides is 1. The minimum Gasteiger partial charge on any atom is -0.337 e. The summed E-state index contributed by atoms with van der Waals surface area (Å²) < 4.78 is 28.3. The van der Waals surface area contributed by atoms with Crippen molar-refractivity contribution in [2.45, 2.75) is 43.1 Å². The van der Waals surface area contributed by atoms with E-state index in [0.29, 0.717) is 5.82 Å². The van der Waals surface area contributed by atoms with Crippen molar-refractivity contribution in [1.29, 1.82) is 0 Å². The molecule has 1 aromatic heterocycles. The van der Waals surface area contributed by atoms with Crippen molar-refractivity contribution in [2.75, 3.05) is 0 Å². The summed E-state index contributed by atoms with van der Waals surface area (Å²) in [6.45, 7) is 5.59. The summed E-state index contributed by atoms with van der Waals surface area (Å²) in [4.78, 5) is 4.28. The molecule has 2 unspecified atom stereocenters. The highest BCUT2D eigenvalue weighted by atomic mass is 79.9. The lowest BCUT2D eigenvalue weighted by Crippen LogP contribution is -2.34. The summed E-state index contributed by atoms with van der Waals surface area (Å²) in [6.07, 6.45) is 2.24. The molecule has 0 bridgehead atoms. The van der Waals surface area contributed by atoms with Crippen LogP contribution in [0.15, 0.2) is 11.2 Å². The number of nitrogens with zero attached hydrogens (tertiary/aromatic N) is 2. The van der Waals surface area contributed by atoms with Crippen molar-refractivity contribution in [2.24, 2.45) is 7.05 Å². The molecule has 0 aliphatic heterocycles. The molecular weight excluding hydrogens is 306 g/mol. The lowest BCUT2D eigenvalue weighted by Gasteiger charge is -2.14. The largest absolute Gasteiger partial charge is 0.337 e. The fourth-order valence-corrected chi connectivity index (χ4v) is 3.37. The van der Waals surface area contributed by atoms with Crippen LogP contribution in [0.3, 0.4) is 0 Å². The van der Waals surface area contributed by atoms with Crippen molar-refractivity contribution >= 4 is 26.0 Å². The normalized spacial score (nSPS) is 15.8. The van der Waals surface area contributed by atoms with Crippen molar-refractivity contribution < 1.29 is 8.42 Å². The third-order valence-corrected chi connectivity index (χ3v) is 4.23. The Morgan fingerprint density at radius 3 is 2.53 bits per heavy atom. The number of nitrogens with one attached hydrogen (secondary N) is 1. The van der Waals surface area contributed by atoms with Gasteiger partial charge in [-0.1, -0.05) is 22.9 Å². The number of sulfonamides is 1. The summed E-state index contributed by atoms with van der Waals surface area (Å²) >= 11 is 3.40. The molecule has 1 heterocycles. The third kappa shape index (κ3) is 4.08. The Hall–Kier alpha value is -0.400. The summed E-state index contributed by atoms with van der Waals surface area (Å²) in [7, 11) is -1.74. The Bertz CT molecular complexity index is 462. The van der Waals surface area contributed by atoms with Gasteiger partial charge in [-0.3, -0.25) is 0 Å². The van der Waals surface area contributed by atoms with Crippen LogP contribution < -0.4 is 4.72 Å². The van der Waals surface area contributed by atoms with Crippen LogP contribution in [0.5, 0.6) is 0 Å². The molecule has 1 N–H and O–H groups in total. The molecule has 7 heteroatoms. The van der Waals surface area contributed by atoms with E-state index >= 15 is 0 Å². The highest BCUT2D eigenvalue weighted by Gasteiger charge is 2.21. The van der Waals surface area contributed by atoms with Crippen LogP contribution in [0.2, 0.25) is 0 Å². The van der Waals surface area contributed by atoms with Crippen LogP contribution in [0.25, 0.3) is 0 Å². The van der Waals surface area contributed by atoms with Gasteiger partial charge in [0, 0.05) is 24.1 Å². The quantitative estimate of drug-likeness (QED) is 0.836. The molecule has 0 saturated carbocycles. The van der Waals surface area contributed by atoms with E-state index in [1.165, 1.54) is 6.20 Å². The Kier molecular flexibility index (Phi) is 4.74. The molecule has 5 nitrogen and oxygen atoms in total. The van der Waals surface area contributed by atoms with Crippen LogP contribution >= 0.6 is 15.9 Å². The summed E-state index contributed by atoms with van der Waals surface area (Å²) in [5.74, 6) is 0.673. The molecule has 1 aromatic rings. The molecule has 0 amide bonds. The van der Waals surface area contributed by atoms with E-state index in [9.17, 15) is 8.42 Å². The van der Waals surface area contributed by atoms with E-state index in [1.54, 1.807) is 18.5 Å². The maximum atomic E-state index is 12.0. The standard InChI is InChI=1S/C10H18BrN3O2S/c1-7(11)5-8(2)13-17(15,16)10-6-14(4)9(3)12-10/h6-8,13H,5H2,1-4H3. The fraction of sp³-hybridized carbons (Fsp3) is 0.700. The summed E-state index contributed by atoms with van der Waals surface area (Å²) in [5, 5.41) is 0.0755. The second-order valence-electron chi connectivity index (χ2n) is 4.28. The first kappa shape index (κ1) is 14.7. The molecule has 17 heavy (non-hydrogen) atoms. The van der Waals surface area contributed by atoms with Crippen LogP contribution in [-0.2, 0) is 17.1 Å². The van der Waals surface area contributed by atoms with Crippen LogP contribution in [0.1, 0.15) is 26.1 Å². The summed E-state index contributed by atoms with van der Waals surface area (Å²) in [6, 6.07) is -0.128. The molecule has 0 saturated heterocycles. The molecule has 0 aliphatic rings. The Balaban J connectivity index is 2.82. The number of hydrogen-bond donors (Lipinski definition) is 1. The highest BCUT2D eigenvalue weighted by Crippen LogP contribution is 2.11. The second kappa shape index (κ2) is 5.49. The van der Waals surface area contributed by atoms with Gasteiger partial charge in [0.15, 0.2) is 5.03 Å². The van der Waals surface area contributed by atoms with Crippen molar-refractivity contribution in [3.05, 3.63) is 12.0 Å². The predicted molar refractivity (Wildman–Crippen MR) is 70.7 cm³/mol. The predicted octanol–water partition coefficient (Wildman–Crippen LogP) is 1.57. The number of aryl methyl sites for hydroxylation is 2. The van der Waals surface area contributed by atoms with Gasteiger partial charge in [-0.15, -0.1) is 0 Å². The van der Waals surface area contributed by atoms with E-state index in [1.807, 2.05) is 13.8 Å². The summed E-state index contributed by atoms with van der Waals surface area (Å²) in [5.41, 5.74) is 0. The zero-order valence-electron chi connectivity index (χ0n) is 10.4. The highest BCUT2D eigenvalue weighted by molar-refractivity contribution is 9.09. The third-order valence-electron chi connectivity index (χ3n) is 2.40. The minimum atomic E-state index is -3.51. The molecule has 1 rings (SSSR count). The maximum Gasteiger partial charge on any atom is 0.259 e. The first-order chi connectivity index (χ1) is 7.72. The first-order valence-electron chi connectivity index (χ1n) is 5.38. The number of aromatic nitrogens is 2. The Labute approximate surface area is 111 Å². The second-order valence-corrected chi connectivity index (χ2v) is 7.50. The fourth-order valence-electron chi connectivity index (χ4n) is 1.52.